The highest BCUT2D eigenvalue weighted by Crippen LogP contribution is 2.42. The monoisotopic (exact) mass is 236 g/mol. The van der Waals surface area contributed by atoms with Crippen molar-refractivity contribution in [3.8, 4) is 0 Å². The van der Waals surface area contributed by atoms with Crippen molar-refractivity contribution < 1.29 is 9.59 Å². The van der Waals surface area contributed by atoms with E-state index >= 15 is 0 Å². The first-order chi connectivity index (χ1) is 7.55. The van der Waals surface area contributed by atoms with E-state index in [4.69, 9.17) is 0 Å². The van der Waals surface area contributed by atoms with Gasteiger partial charge in [0.2, 0.25) is 0 Å². The number of hydrogen-bond donors (Lipinski definition) is 0. The molecule has 0 bridgehead atoms. The van der Waals surface area contributed by atoms with Crippen LogP contribution >= 0.6 is 0 Å². The second-order valence-corrected chi connectivity index (χ2v) is 9.14. The Labute approximate surface area is 98.8 Å². The summed E-state index contributed by atoms with van der Waals surface area (Å²) < 4.78 is 0. The Morgan fingerprint density at radius 3 is 1.44 bits per heavy atom. The molecule has 0 aliphatic heterocycles. The maximum atomic E-state index is 11.2. The van der Waals surface area contributed by atoms with Crippen LogP contribution in [-0.4, -0.2) is 20.6 Å². The third-order valence-corrected chi connectivity index (χ3v) is 8.97. The standard InChI is InChI=1S/C13H20O2Si/c1-5-8-16(9-6-2,10-7-3)13(4,11-14)12-15/h5-7,11-12H,1-3,8-10H2,4H3. The molecular weight excluding hydrogens is 216 g/mol. The van der Waals surface area contributed by atoms with Crippen LogP contribution in [0, 0.1) is 0 Å². The van der Waals surface area contributed by atoms with Gasteiger partial charge in [-0.25, -0.2) is 0 Å². The summed E-state index contributed by atoms with van der Waals surface area (Å²) in [6.45, 7) is 12.9. The van der Waals surface area contributed by atoms with Crippen LogP contribution in [0.15, 0.2) is 38.0 Å². The second kappa shape index (κ2) is 6.38. The van der Waals surface area contributed by atoms with Crippen LogP contribution < -0.4 is 0 Å². The first-order valence-electron chi connectivity index (χ1n) is 5.31. The summed E-state index contributed by atoms with van der Waals surface area (Å²) in [5, 5.41) is -0.885. The van der Waals surface area contributed by atoms with E-state index in [1.54, 1.807) is 25.2 Å². The van der Waals surface area contributed by atoms with Crippen molar-refractivity contribution >= 4 is 20.6 Å². The van der Waals surface area contributed by atoms with Crippen molar-refractivity contribution in [2.24, 2.45) is 0 Å². The molecule has 0 heterocycles. The second-order valence-electron chi connectivity index (χ2n) is 4.28. The molecule has 0 N–H and O–H groups in total. The zero-order chi connectivity index (χ0) is 12.7. The SMILES string of the molecule is C=CC[Si](CC=C)(CC=C)C(C)(C=O)C=O. The average molecular weight is 236 g/mol. The quantitative estimate of drug-likeness (QED) is 0.267. The Kier molecular flexibility index (Phi) is 5.89. The van der Waals surface area contributed by atoms with Crippen molar-refractivity contribution in [2.45, 2.75) is 30.1 Å². The Morgan fingerprint density at radius 2 is 1.25 bits per heavy atom. The number of aldehydes is 2. The van der Waals surface area contributed by atoms with Gasteiger partial charge in [-0.1, -0.05) is 18.2 Å². The van der Waals surface area contributed by atoms with E-state index in [1.165, 1.54) is 0 Å². The summed E-state index contributed by atoms with van der Waals surface area (Å²) in [6.07, 6.45) is 6.95. The van der Waals surface area contributed by atoms with Crippen LogP contribution in [0.2, 0.25) is 23.2 Å². The molecule has 0 aromatic heterocycles. The topological polar surface area (TPSA) is 34.1 Å². The molecule has 0 amide bonds. The summed E-state index contributed by atoms with van der Waals surface area (Å²) in [6, 6.07) is 2.16. The normalized spacial score (nSPS) is 11.6. The molecular formula is C13H20O2Si. The Hall–Kier alpha value is -1.22. The molecule has 0 saturated carbocycles. The Balaban J connectivity index is 5.51. The molecule has 2 nitrogen and oxygen atoms in total. The van der Waals surface area contributed by atoms with Crippen molar-refractivity contribution in [1.29, 1.82) is 0 Å². The van der Waals surface area contributed by atoms with Crippen molar-refractivity contribution in [3.63, 3.8) is 0 Å². The molecule has 0 radical (unpaired) electrons. The summed E-state index contributed by atoms with van der Waals surface area (Å²) in [5.41, 5.74) is 0. The van der Waals surface area contributed by atoms with Crippen LogP contribution in [-0.2, 0) is 9.59 Å². The molecule has 0 rings (SSSR count). The van der Waals surface area contributed by atoms with Crippen molar-refractivity contribution in [1.82, 2.24) is 0 Å². The molecule has 0 aromatic carbocycles. The Bertz CT molecular complexity index is 260. The maximum Gasteiger partial charge on any atom is 0.130 e. The molecule has 0 aliphatic rings. The molecule has 0 aliphatic carbocycles. The lowest BCUT2D eigenvalue weighted by Gasteiger charge is -2.39. The van der Waals surface area contributed by atoms with Gasteiger partial charge >= 0.3 is 0 Å². The minimum Gasteiger partial charge on any atom is -0.303 e. The number of carbonyl (C=O) groups excluding carboxylic acids is 2. The minimum atomic E-state index is -2.14. The predicted octanol–water partition coefficient (Wildman–Crippen LogP) is 3.15. The molecule has 0 unspecified atom stereocenters. The smallest absolute Gasteiger partial charge is 0.130 e. The number of allylic oxidation sites excluding steroid dienone is 3. The summed E-state index contributed by atoms with van der Waals surface area (Å²) in [4.78, 5) is 22.5. The third kappa shape index (κ3) is 2.67. The first kappa shape index (κ1) is 14.8. The lowest BCUT2D eigenvalue weighted by Crippen LogP contribution is -2.47. The van der Waals surface area contributed by atoms with Gasteiger partial charge in [0.25, 0.3) is 0 Å². The summed E-state index contributed by atoms with van der Waals surface area (Å²) >= 11 is 0. The van der Waals surface area contributed by atoms with E-state index in [0.29, 0.717) is 0 Å². The highest BCUT2D eigenvalue weighted by molar-refractivity contribution is 6.88. The van der Waals surface area contributed by atoms with E-state index < -0.39 is 13.1 Å². The van der Waals surface area contributed by atoms with Gasteiger partial charge in [-0.2, -0.15) is 0 Å². The maximum absolute atomic E-state index is 11.2. The number of hydrogen-bond acceptors (Lipinski definition) is 2. The van der Waals surface area contributed by atoms with Gasteiger partial charge in [0.15, 0.2) is 0 Å². The lowest BCUT2D eigenvalue weighted by atomic mass is 10.2. The number of rotatable bonds is 9. The van der Waals surface area contributed by atoms with Gasteiger partial charge in [-0.3, -0.25) is 0 Å². The largest absolute Gasteiger partial charge is 0.303 e. The van der Waals surface area contributed by atoms with Gasteiger partial charge in [-0.05, 0) is 25.1 Å². The molecule has 0 spiro atoms. The van der Waals surface area contributed by atoms with E-state index in [0.717, 1.165) is 30.7 Å². The van der Waals surface area contributed by atoms with Gasteiger partial charge in [-0.15, -0.1) is 19.7 Å². The van der Waals surface area contributed by atoms with Gasteiger partial charge in [0.05, 0.1) is 13.1 Å². The van der Waals surface area contributed by atoms with Crippen LogP contribution in [0.4, 0.5) is 0 Å². The van der Waals surface area contributed by atoms with Crippen LogP contribution in [0.1, 0.15) is 6.92 Å². The fourth-order valence-corrected chi connectivity index (χ4v) is 5.99. The van der Waals surface area contributed by atoms with E-state index in [-0.39, 0.29) is 0 Å². The van der Waals surface area contributed by atoms with Crippen molar-refractivity contribution in [3.05, 3.63) is 38.0 Å². The van der Waals surface area contributed by atoms with Crippen LogP contribution in [0.3, 0.4) is 0 Å². The third-order valence-electron chi connectivity index (χ3n) is 3.24. The highest BCUT2D eigenvalue weighted by atomic mass is 28.3. The van der Waals surface area contributed by atoms with Crippen LogP contribution in [0.5, 0.6) is 0 Å². The number of carbonyl (C=O) groups is 2. The van der Waals surface area contributed by atoms with Gasteiger partial charge in [0, 0.05) is 0 Å². The fourth-order valence-electron chi connectivity index (χ4n) is 2.02. The molecule has 3 heteroatoms. The summed E-state index contributed by atoms with van der Waals surface area (Å²) in [5.74, 6) is 0. The molecule has 0 aromatic rings. The molecule has 88 valence electrons. The summed E-state index contributed by atoms with van der Waals surface area (Å²) in [7, 11) is -2.14. The van der Waals surface area contributed by atoms with Gasteiger partial charge < -0.3 is 9.59 Å². The predicted molar refractivity (Wildman–Crippen MR) is 71.3 cm³/mol. The highest BCUT2D eigenvalue weighted by Gasteiger charge is 2.47. The van der Waals surface area contributed by atoms with Gasteiger partial charge in [0.1, 0.15) is 12.6 Å². The lowest BCUT2D eigenvalue weighted by molar-refractivity contribution is -0.118. The minimum absolute atomic E-state index is 0.721. The molecule has 0 fully saturated rings. The van der Waals surface area contributed by atoms with Crippen LogP contribution in [0.25, 0.3) is 0 Å². The van der Waals surface area contributed by atoms with E-state index in [9.17, 15) is 9.59 Å². The molecule has 0 saturated heterocycles. The fraction of sp³-hybridized carbons (Fsp3) is 0.385. The molecule has 0 atom stereocenters. The van der Waals surface area contributed by atoms with E-state index in [2.05, 4.69) is 19.7 Å². The Morgan fingerprint density at radius 1 is 0.938 bits per heavy atom. The zero-order valence-corrected chi connectivity index (χ0v) is 10.9. The van der Waals surface area contributed by atoms with E-state index in [1.807, 2.05) is 0 Å². The average Bonchev–Trinajstić information content (AvgIpc) is 2.28. The first-order valence-corrected chi connectivity index (χ1v) is 7.93. The van der Waals surface area contributed by atoms with Crippen molar-refractivity contribution in [2.75, 3.05) is 0 Å². The molecule has 16 heavy (non-hydrogen) atoms. The zero-order valence-electron chi connectivity index (χ0n) is 9.95.